The van der Waals surface area contributed by atoms with Crippen LogP contribution in [-0.2, 0) is 17.9 Å². The van der Waals surface area contributed by atoms with Gasteiger partial charge in [0, 0.05) is 24.2 Å². The van der Waals surface area contributed by atoms with Gasteiger partial charge < -0.3 is 10.6 Å². The third-order valence-corrected chi connectivity index (χ3v) is 4.99. The maximum atomic E-state index is 12.7. The first-order valence-corrected chi connectivity index (χ1v) is 9.27. The van der Waals surface area contributed by atoms with Crippen molar-refractivity contribution in [1.82, 2.24) is 14.1 Å². The number of unbranched alkanes of at least 4 members (excludes halogenated alkanes) is 1. The molecule has 1 amide bonds. The highest BCUT2D eigenvalue weighted by Crippen LogP contribution is 2.17. The Kier molecular flexibility index (Phi) is 6.19. The van der Waals surface area contributed by atoms with Crippen molar-refractivity contribution in [2.45, 2.75) is 46.7 Å². The van der Waals surface area contributed by atoms with Crippen molar-refractivity contribution in [1.29, 1.82) is 0 Å². The number of amides is 1. The van der Waals surface area contributed by atoms with Crippen molar-refractivity contribution >= 4 is 28.7 Å². The van der Waals surface area contributed by atoms with Crippen molar-refractivity contribution in [2.24, 2.45) is 0 Å². The Bertz CT molecular complexity index is 968. The molecule has 0 bridgehead atoms. The first-order valence-electron chi connectivity index (χ1n) is 8.39. The van der Waals surface area contributed by atoms with E-state index in [0.717, 1.165) is 17.8 Å². The van der Waals surface area contributed by atoms with Gasteiger partial charge in [-0.25, -0.2) is 4.79 Å². The molecule has 2 aromatic heterocycles. The average Bonchev–Trinajstić information content (AvgIpc) is 2.90. The predicted molar refractivity (Wildman–Crippen MR) is 102 cm³/mol. The van der Waals surface area contributed by atoms with Crippen LogP contribution < -0.4 is 26.8 Å². The SMILES string of the molecule is CCCCn1c(N)c(N(CC)C(=O)Cn2c(C)csc2=O)c(=O)[nH]c1=O. The van der Waals surface area contributed by atoms with Crippen LogP contribution in [0.15, 0.2) is 19.8 Å². The molecule has 0 atom stereocenters. The highest BCUT2D eigenvalue weighted by atomic mass is 32.1. The molecule has 2 aromatic rings. The van der Waals surface area contributed by atoms with E-state index >= 15 is 0 Å². The number of carbonyl (C=O) groups excluding carboxylic acids is 1. The molecule has 0 spiro atoms. The van der Waals surface area contributed by atoms with Gasteiger partial charge in [-0.05, 0) is 20.3 Å². The van der Waals surface area contributed by atoms with E-state index in [2.05, 4.69) is 4.98 Å². The number of hydrogen-bond donors (Lipinski definition) is 2. The first kappa shape index (κ1) is 19.7. The predicted octanol–water partition coefficient (Wildman–Crippen LogP) is 0.504. The van der Waals surface area contributed by atoms with Crippen LogP contribution in [0.4, 0.5) is 11.5 Å². The molecule has 2 rings (SSSR count). The summed E-state index contributed by atoms with van der Waals surface area (Å²) in [6, 6.07) is 0. The van der Waals surface area contributed by atoms with Gasteiger partial charge in [0.1, 0.15) is 12.4 Å². The van der Waals surface area contributed by atoms with Gasteiger partial charge in [0.05, 0.1) is 0 Å². The van der Waals surface area contributed by atoms with Gasteiger partial charge in [-0.15, -0.1) is 0 Å². The summed E-state index contributed by atoms with van der Waals surface area (Å²) in [6.07, 6.45) is 1.55. The van der Waals surface area contributed by atoms with Crippen LogP contribution in [0.25, 0.3) is 0 Å². The zero-order valence-electron chi connectivity index (χ0n) is 15.1. The summed E-state index contributed by atoms with van der Waals surface area (Å²) in [4.78, 5) is 52.1. The summed E-state index contributed by atoms with van der Waals surface area (Å²) in [5, 5.41) is 1.66. The Hall–Kier alpha value is -2.62. The lowest BCUT2D eigenvalue weighted by atomic mass is 10.3. The Morgan fingerprint density at radius 1 is 1.27 bits per heavy atom. The van der Waals surface area contributed by atoms with Gasteiger partial charge in [-0.1, -0.05) is 24.7 Å². The van der Waals surface area contributed by atoms with E-state index < -0.39 is 17.2 Å². The maximum absolute atomic E-state index is 12.7. The fourth-order valence-electron chi connectivity index (χ4n) is 2.65. The molecule has 0 aromatic carbocycles. The lowest BCUT2D eigenvalue weighted by Crippen LogP contribution is -2.43. The van der Waals surface area contributed by atoms with Crippen LogP contribution in [0, 0.1) is 6.92 Å². The molecule has 0 saturated heterocycles. The Morgan fingerprint density at radius 3 is 2.50 bits per heavy atom. The lowest BCUT2D eigenvalue weighted by molar-refractivity contribution is -0.119. The lowest BCUT2D eigenvalue weighted by Gasteiger charge is -2.23. The largest absolute Gasteiger partial charge is 0.383 e. The number of carbonyl (C=O) groups is 1. The molecule has 0 aliphatic carbocycles. The molecule has 0 aliphatic rings. The number of aromatic amines is 1. The van der Waals surface area contributed by atoms with Crippen molar-refractivity contribution < 1.29 is 4.79 Å². The second-order valence-corrected chi connectivity index (χ2v) is 6.69. The Morgan fingerprint density at radius 2 is 1.96 bits per heavy atom. The number of thiazole rings is 1. The number of nitrogens with two attached hydrogens (primary N) is 1. The molecule has 142 valence electrons. The van der Waals surface area contributed by atoms with Crippen molar-refractivity contribution in [3.63, 3.8) is 0 Å². The van der Waals surface area contributed by atoms with Gasteiger partial charge in [0.2, 0.25) is 5.91 Å². The fraction of sp³-hybridized carbons (Fsp3) is 0.500. The Balaban J connectivity index is 2.46. The van der Waals surface area contributed by atoms with E-state index in [1.165, 1.54) is 14.0 Å². The van der Waals surface area contributed by atoms with Gasteiger partial charge in [-0.3, -0.25) is 28.5 Å². The number of H-pyrrole nitrogens is 1. The molecule has 2 heterocycles. The summed E-state index contributed by atoms with van der Waals surface area (Å²) in [5.74, 6) is -0.495. The number of aromatic nitrogens is 3. The normalized spacial score (nSPS) is 10.9. The number of rotatable bonds is 7. The minimum absolute atomic E-state index is 0.0446. The third kappa shape index (κ3) is 3.79. The molecule has 0 unspecified atom stereocenters. The zero-order valence-corrected chi connectivity index (χ0v) is 15.9. The molecular formula is C16H23N5O4S. The monoisotopic (exact) mass is 381 g/mol. The summed E-state index contributed by atoms with van der Waals surface area (Å²) in [6.45, 7) is 5.72. The van der Waals surface area contributed by atoms with E-state index in [4.69, 9.17) is 5.73 Å². The number of hydrogen-bond acceptors (Lipinski definition) is 6. The molecule has 0 aliphatic heterocycles. The zero-order chi connectivity index (χ0) is 19.4. The standard InChI is InChI=1S/C16H23N5O4S/c1-4-6-7-20-13(17)12(14(23)18-15(20)24)19(5-2)11(22)8-21-10(3)9-26-16(21)25/h9H,4-8,17H2,1-3H3,(H,18,23,24). The quantitative estimate of drug-likeness (QED) is 0.723. The number of likely N-dealkylation sites (N-methyl/N-ethyl adjacent to an activating group) is 1. The number of aryl methyl sites for hydroxylation is 1. The van der Waals surface area contributed by atoms with Gasteiger partial charge in [0.15, 0.2) is 5.69 Å². The van der Waals surface area contributed by atoms with Crippen LogP contribution in [0.2, 0.25) is 0 Å². The van der Waals surface area contributed by atoms with E-state index in [0.29, 0.717) is 18.7 Å². The maximum Gasteiger partial charge on any atom is 0.330 e. The van der Waals surface area contributed by atoms with Crippen LogP contribution in [0.5, 0.6) is 0 Å². The van der Waals surface area contributed by atoms with Crippen LogP contribution in [0.3, 0.4) is 0 Å². The van der Waals surface area contributed by atoms with E-state index in [-0.39, 0.29) is 29.5 Å². The smallest absolute Gasteiger partial charge is 0.330 e. The number of anilines is 2. The molecule has 0 fully saturated rings. The molecule has 10 heteroatoms. The second-order valence-electron chi connectivity index (χ2n) is 5.87. The van der Waals surface area contributed by atoms with E-state index in [1.807, 2.05) is 6.92 Å². The average molecular weight is 381 g/mol. The highest BCUT2D eigenvalue weighted by Gasteiger charge is 2.23. The minimum Gasteiger partial charge on any atom is -0.383 e. The van der Waals surface area contributed by atoms with Gasteiger partial charge in [0.25, 0.3) is 5.56 Å². The molecule has 26 heavy (non-hydrogen) atoms. The number of nitrogens with one attached hydrogen (secondary N) is 1. The fourth-order valence-corrected chi connectivity index (χ4v) is 3.39. The van der Waals surface area contributed by atoms with Crippen molar-refractivity contribution in [2.75, 3.05) is 17.2 Å². The van der Waals surface area contributed by atoms with Crippen molar-refractivity contribution in [3.05, 3.63) is 41.6 Å². The highest BCUT2D eigenvalue weighted by molar-refractivity contribution is 7.07. The van der Waals surface area contributed by atoms with E-state index in [9.17, 15) is 19.2 Å². The molecular weight excluding hydrogens is 358 g/mol. The number of nitrogen functional groups attached to an aromatic ring is 1. The van der Waals surface area contributed by atoms with Gasteiger partial charge in [-0.2, -0.15) is 0 Å². The molecule has 0 radical (unpaired) electrons. The molecule has 0 saturated carbocycles. The summed E-state index contributed by atoms with van der Waals surface area (Å²) in [5.41, 5.74) is 5.34. The van der Waals surface area contributed by atoms with Crippen LogP contribution >= 0.6 is 11.3 Å². The summed E-state index contributed by atoms with van der Waals surface area (Å²) >= 11 is 1.01. The summed E-state index contributed by atoms with van der Waals surface area (Å²) < 4.78 is 2.60. The van der Waals surface area contributed by atoms with Crippen LogP contribution in [-0.4, -0.2) is 26.6 Å². The molecule has 9 nitrogen and oxygen atoms in total. The Labute approximate surface area is 153 Å². The molecule has 3 N–H and O–H groups in total. The third-order valence-electron chi connectivity index (χ3n) is 4.11. The number of nitrogens with zero attached hydrogens (tertiary/aromatic N) is 3. The minimum atomic E-state index is -0.718. The van der Waals surface area contributed by atoms with E-state index in [1.54, 1.807) is 19.2 Å². The van der Waals surface area contributed by atoms with Gasteiger partial charge >= 0.3 is 10.6 Å². The first-order chi connectivity index (χ1) is 12.3. The summed E-state index contributed by atoms with van der Waals surface area (Å²) in [7, 11) is 0. The second kappa shape index (κ2) is 8.17. The van der Waals surface area contributed by atoms with Crippen LogP contribution in [0.1, 0.15) is 32.4 Å². The van der Waals surface area contributed by atoms with Crippen molar-refractivity contribution in [3.8, 4) is 0 Å². The topological polar surface area (TPSA) is 123 Å².